The van der Waals surface area contributed by atoms with E-state index in [1.807, 2.05) is 30.3 Å². The van der Waals surface area contributed by atoms with E-state index < -0.39 is 5.82 Å². The topological polar surface area (TPSA) is 34.9 Å². The molecule has 0 N–H and O–H groups in total. The van der Waals surface area contributed by atoms with Crippen molar-refractivity contribution in [1.82, 2.24) is 9.78 Å². The minimum Gasteiger partial charge on any atom is -0.288 e. The van der Waals surface area contributed by atoms with Crippen molar-refractivity contribution in [3.05, 3.63) is 83.4 Å². The van der Waals surface area contributed by atoms with Gasteiger partial charge in [-0.15, -0.1) is 0 Å². The molecule has 3 nitrogen and oxygen atoms in total. The van der Waals surface area contributed by atoms with Gasteiger partial charge in [-0.1, -0.05) is 18.2 Å². The van der Waals surface area contributed by atoms with E-state index in [2.05, 4.69) is 5.10 Å². The summed E-state index contributed by atoms with van der Waals surface area (Å²) in [5.41, 5.74) is 2.35. The van der Waals surface area contributed by atoms with E-state index in [0.717, 1.165) is 5.69 Å². The van der Waals surface area contributed by atoms with E-state index in [9.17, 15) is 9.18 Å². The monoisotopic (exact) mass is 280 g/mol. The molecule has 2 aromatic carbocycles. The Labute approximate surface area is 121 Å². The molecule has 21 heavy (non-hydrogen) atoms. The Balaban J connectivity index is 1.94. The predicted octanol–water partition coefficient (Wildman–Crippen LogP) is 3.55. The molecule has 0 bridgehead atoms. The zero-order valence-corrected chi connectivity index (χ0v) is 11.5. The first-order valence-electron chi connectivity index (χ1n) is 6.55. The molecule has 0 spiro atoms. The normalized spacial score (nSPS) is 10.6. The highest BCUT2D eigenvalue weighted by Gasteiger charge is 2.13. The van der Waals surface area contributed by atoms with Crippen molar-refractivity contribution in [2.45, 2.75) is 6.92 Å². The molecule has 4 heteroatoms. The molecule has 1 heterocycles. The maximum atomic E-state index is 13.4. The fourth-order valence-electron chi connectivity index (χ4n) is 2.20. The van der Waals surface area contributed by atoms with Crippen LogP contribution >= 0.6 is 0 Å². The lowest BCUT2D eigenvalue weighted by atomic mass is 10.0. The summed E-state index contributed by atoms with van der Waals surface area (Å²) in [5, 5.41) is 4.18. The first kappa shape index (κ1) is 13.2. The highest BCUT2D eigenvalue weighted by Crippen LogP contribution is 2.15. The lowest BCUT2D eigenvalue weighted by Crippen LogP contribution is -2.01. The lowest BCUT2D eigenvalue weighted by molar-refractivity contribution is 0.103. The summed E-state index contributed by atoms with van der Waals surface area (Å²) in [7, 11) is 0. The molecule has 0 saturated carbocycles. The van der Waals surface area contributed by atoms with Crippen molar-refractivity contribution in [3.63, 3.8) is 0 Å². The van der Waals surface area contributed by atoms with E-state index in [4.69, 9.17) is 0 Å². The van der Waals surface area contributed by atoms with Gasteiger partial charge in [0.25, 0.3) is 0 Å². The minimum atomic E-state index is -0.409. The fourth-order valence-corrected chi connectivity index (χ4v) is 2.20. The van der Waals surface area contributed by atoms with Gasteiger partial charge in [-0.25, -0.2) is 9.07 Å². The lowest BCUT2D eigenvalue weighted by Gasteiger charge is -2.01. The molecule has 0 atom stereocenters. The zero-order valence-electron chi connectivity index (χ0n) is 11.5. The molecule has 0 aliphatic heterocycles. The first-order valence-corrected chi connectivity index (χ1v) is 6.55. The Morgan fingerprint density at radius 2 is 1.86 bits per heavy atom. The van der Waals surface area contributed by atoms with E-state index in [1.54, 1.807) is 23.9 Å². The molecule has 0 aliphatic carbocycles. The molecule has 3 aromatic rings. The van der Waals surface area contributed by atoms with Crippen LogP contribution in [0.15, 0.2) is 60.9 Å². The van der Waals surface area contributed by atoms with Crippen molar-refractivity contribution in [2.75, 3.05) is 0 Å². The standard InChI is InChI=1S/C17H13FN2O/c1-12-7-13(9-15(18)8-12)17(21)14-10-19-20(11-14)16-5-3-2-4-6-16/h2-11H,1H3. The van der Waals surface area contributed by atoms with Crippen molar-refractivity contribution in [2.24, 2.45) is 0 Å². The molecule has 104 valence electrons. The first-order chi connectivity index (χ1) is 10.1. The third kappa shape index (κ3) is 2.74. The third-order valence-corrected chi connectivity index (χ3v) is 3.17. The SMILES string of the molecule is Cc1cc(F)cc(C(=O)c2cnn(-c3ccccc3)c2)c1. The number of aryl methyl sites for hydroxylation is 1. The second kappa shape index (κ2) is 5.32. The summed E-state index contributed by atoms with van der Waals surface area (Å²) in [6.45, 7) is 1.76. The number of hydrogen-bond donors (Lipinski definition) is 0. The van der Waals surface area contributed by atoms with Crippen LogP contribution in [0.4, 0.5) is 4.39 Å². The van der Waals surface area contributed by atoms with Crippen LogP contribution in [-0.4, -0.2) is 15.6 Å². The Morgan fingerprint density at radius 3 is 2.57 bits per heavy atom. The van der Waals surface area contributed by atoms with Gasteiger partial charge in [-0.2, -0.15) is 5.10 Å². The Kier molecular flexibility index (Phi) is 3.36. The van der Waals surface area contributed by atoms with Gasteiger partial charge in [0, 0.05) is 11.8 Å². The number of aromatic nitrogens is 2. The molecule has 0 radical (unpaired) electrons. The molecule has 0 unspecified atom stereocenters. The Hall–Kier alpha value is -2.75. The number of carbonyl (C=O) groups is 1. The third-order valence-electron chi connectivity index (χ3n) is 3.17. The maximum absolute atomic E-state index is 13.4. The van der Waals surface area contributed by atoms with E-state index in [-0.39, 0.29) is 5.78 Å². The molecule has 0 amide bonds. The van der Waals surface area contributed by atoms with Crippen LogP contribution in [0.2, 0.25) is 0 Å². The van der Waals surface area contributed by atoms with Crippen LogP contribution in [0.1, 0.15) is 21.5 Å². The van der Waals surface area contributed by atoms with Crippen LogP contribution in [0.3, 0.4) is 0 Å². The smallest absolute Gasteiger partial charge is 0.196 e. The van der Waals surface area contributed by atoms with Crippen LogP contribution in [0, 0.1) is 12.7 Å². The quantitative estimate of drug-likeness (QED) is 0.688. The number of ketones is 1. The summed E-state index contributed by atoms with van der Waals surface area (Å²) < 4.78 is 15.0. The molecule has 0 aliphatic rings. The van der Waals surface area contributed by atoms with Gasteiger partial charge >= 0.3 is 0 Å². The van der Waals surface area contributed by atoms with Crippen molar-refractivity contribution in [3.8, 4) is 5.69 Å². The van der Waals surface area contributed by atoms with Crippen molar-refractivity contribution < 1.29 is 9.18 Å². The second-order valence-electron chi connectivity index (χ2n) is 4.86. The average Bonchev–Trinajstić information content (AvgIpc) is 2.96. The molecular formula is C17H13FN2O. The van der Waals surface area contributed by atoms with E-state index in [1.165, 1.54) is 18.3 Å². The summed E-state index contributed by atoms with van der Waals surface area (Å²) in [4.78, 5) is 12.4. The Bertz CT molecular complexity index is 773. The van der Waals surface area contributed by atoms with E-state index >= 15 is 0 Å². The second-order valence-corrected chi connectivity index (χ2v) is 4.86. The van der Waals surface area contributed by atoms with Crippen LogP contribution in [0.25, 0.3) is 5.69 Å². The average molecular weight is 280 g/mol. The Morgan fingerprint density at radius 1 is 1.10 bits per heavy atom. The minimum absolute atomic E-state index is 0.236. The summed E-state index contributed by atoms with van der Waals surface area (Å²) in [5.74, 6) is -0.645. The van der Waals surface area contributed by atoms with Gasteiger partial charge in [0.1, 0.15) is 5.82 Å². The maximum Gasteiger partial charge on any atom is 0.196 e. The highest BCUT2D eigenvalue weighted by atomic mass is 19.1. The molecule has 3 rings (SSSR count). The number of halogens is 1. The highest BCUT2D eigenvalue weighted by molar-refractivity contribution is 6.08. The van der Waals surface area contributed by atoms with Crippen molar-refractivity contribution >= 4 is 5.78 Å². The number of benzene rings is 2. The number of carbonyl (C=O) groups excluding carboxylic acids is 1. The summed E-state index contributed by atoms with van der Waals surface area (Å²) >= 11 is 0. The molecule has 0 fully saturated rings. The van der Waals surface area contributed by atoms with Gasteiger partial charge in [0.05, 0.1) is 17.4 Å². The molecule has 1 aromatic heterocycles. The predicted molar refractivity (Wildman–Crippen MR) is 78.1 cm³/mol. The van der Waals surface area contributed by atoms with Gasteiger partial charge in [-0.3, -0.25) is 4.79 Å². The van der Waals surface area contributed by atoms with Gasteiger partial charge in [0.2, 0.25) is 0 Å². The summed E-state index contributed by atoms with van der Waals surface area (Å²) in [6, 6.07) is 13.8. The zero-order chi connectivity index (χ0) is 14.8. The molecule has 0 saturated heterocycles. The van der Waals surface area contributed by atoms with Gasteiger partial charge in [-0.05, 0) is 42.8 Å². The van der Waals surface area contributed by atoms with Gasteiger partial charge in [0.15, 0.2) is 5.78 Å². The fraction of sp³-hybridized carbons (Fsp3) is 0.0588. The van der Waals surface area contributed by atoms with Crippen LogP contribution in [-0.2, 0) is 0 Å². The number of para-hydroxylation sites is 1. The van der Waals surface area contributed by atoms with Crippen molar-refractivity contribution in [1.29, 1.82) is 0 Å². The van der Waals surface area contributed by atoms with E-state index in [0.29, 0.717) is 16.7 Å². The summed E-state index contributed by atoms with van der Waals surface area (Å²) in [6.07, 6.45) is 3.15. The number of nitrogens with zero attached hydrogens (tertiary/aromatic N) is 2. The number of rotatable bonds is 3. The largest absolute Gasteiger partial charge is 0.288 e. The van der Waals surface area contributed by atoms with Crippen LogP contribution < -0.4 is 0 Å². The molecular weight excluding hydrogens is 267 g/mol. The van der Waals surface area contributed by atoms with Gasteiger partial charge < -0.3 is 0 Å². The number of hydrogen-bond acceptors (Lipinski definition) is 2. The van der Waals surface area contributed by atoms with Crippen LogP contribution in [0.5, 0.6) is 0 Å².